The summed E-state index contributed by atoms with van der Waals surface area (Å²) in [4.78, 5) is 5.06. The zero-order valence-electron chi connectivity index (χ0n) is 19.0. The predicted molar refractivity (Wildman–Crippen MR) is 123 cm³/mol. The Bertz CT molecular complexity index is 978. The van der Waals surface area contributed by atoms with Gasteiger partial charge in [0.1, 0.15) is 0 Å². The van der Waals surface area contributed by atoms with Crippen molar-refractivity contribution in [2.24, 2.45) is 16.8 Å². The molecular weight excluding hydrogens is 377 g/mol. The molecule has 0 fully saturated rings. The van der Waals surface area contributed by atoms with Crippen LogP contribution < -0.4 is 0 Å². The van der Waals surface area contributed by atoms with E-state index in [0.29, 0.717) is 17.5 Å². The first-order valence-electron chi connectivity index (χ1n) is 11.6. The lowest BCUT2D eigenvalue weighted by Gasteiger charge is -2.33. The van der Waals surface area contributed by atoms with Crippen molar-refractivity contribution in [1.29, 1.82) is 0 Å². The molecule has 1 aromatic heterocycles. The summed E-state index contributed by atoms with van der Waals surface area (Å²) in [7, 11) is -2.54. The van der Waals surface area contributed by atoms with Gasteiger partial charge < -0.3 is 4.48 Å². The van der Waals surface area contributed by atoms with E-state index in [0.717, 1.165) is 72.3 Å². The maximum Gasteiger partial charge on any atom is 0.677 e. The average Bonchev–Trinajstić information content (AvgIpc) is 3.22. The molecule has 5 heteroatoms. The van der Waals surface area contributed by atoms with Crippen LogP contribution in [0.1, 0.15) is 81.8 Å². The van der Waals surface area contributed by atoms with E-state index in [2.05, 4.69) is 32.9 Å². The highest BCUT2D eigenvalue weighted by molar-refractivity contribution is 6.41. The van der Waals surface area contributed by atoms with Crippen molar-refractivity contribution in [2.45, 2.75) is 79.6 Å². The highest BCUT2D eigenvalue weighted by Gasteiger charge is 2.39. The van der Waals surface area contributed by atoms with Crippen LogP contribution in [0.25, 0.3) is 5.57 Å². The van der Waals surface area contributed by atoms with Crippen molar-refractivity contribution in [3.05, 3.63) is 51.5 Å². The minimum absolute atomic E-state index is 0.379. The number of rotatable bonds is 7. The Balaban J connectivity index is 1.96. The standard InChI is InChI=1S/C25H33BF2N2/c1-6-8-9-10-21(25-15(3)20(7-2)17(5)30(25)26(27)28)24-23-19-13-11-18(12-14-19)22(23)16(4)29-24/h11,13,18-19H,6-10,12,14H2,1-5H3/b24-21+/t18-,19+/m1/s1. The quantitative estimate of drug-likeness (QED) is 0.259. The molecule has 5 rings (SSSR count). The SMILES string of the molecule is CCCCC/C(=C1\N=C(C)C2=C1[C@H]1C=C[C@@H]2CC1)c1c(C)c(CC)c(C)n1B(F)F. The smallest absolute Gasteiger partial charge is 0.329 e. The Kier molecular flexibility index (Phi) is 5.92. The molecule has 2 heterocycles. The maximum atomic E-state index is 14.3. The van der Waals surface area contributed by atoms with Crippen LogP contribution in [0.5, 0.6) is 0 Å². The number of unbranched alkanes of at least 4 members (excludes halogenated alkanes) is 2. The number of allylic oxidation sites excluding steroid dienone is 5. The zero-order valence-corrected chi connectivity index (χ0v) is 19.0. The predicted octanol–water partition coefficient (Wildman–Crippen LogP) is 7.10. The first-order chi connectivity index (χ1) is 14.4. The molecule has 30 heavy (non-hydrogen) atoms. The molecule has 2 bridgehead atoms. The Morgan fingerprint density at radius 2 is 1.73 bits per heavy atom. The van der Waals surface area contributed by atoms with E-state index in [1.165, 1.54) is 22.0 Å². The fraction of sp³-hybridized carbons (Fsp3) is 0.560. The van der Waals surface area contributed by atoms with Gasteiger partial charge in [0.05, 0.1) is 5.70 Å². The second-order valence-electron chi connectivity index (χ2n) is 9.02. The van der Waals surface area contributed by atoms with Gasteiger partial charge in [-0.25, -0.2) is 0 Å². The van der Waals surface area contributed by atoms with Crippen LogP contribution in [-0.2, 0) is 6.42 Å². The largest absolute Gasteiger partial charge is 0.677 e. The molecule has 0 aromatic carbocycles. The third-order valence-electron chi connectivity index (χ3n) is 7.32. The first kappa shape index (κ1) is 21.3. The lowest BCUT2D eigenvalue weighted by molar-refractivity contribution is 0.501. The van der Waals surface area contributed by atoms with Gasteiger partial charge in [-0.3, -0.25) is 13.6 Å². The number of hydrogen-bond acceptors (Lipinski definition) is 1. The van der Waals surface area contributed by atoms with E-state index in [4.69, 9.17) is 4.99 Å². The van der Waals surface area contributed by atoms with E-state index in [9.17, 15) is 8.63 Å². The van der Waals surface area contributed by atoms with Gasteiger partial charge in [-0.1, -0.05) is 38.8 Å². The molecule has 0 N–H and O–H groups in total. The van der Waals surface area contributed by atoms with Gasteiger partial charge in [0, 0.05) is 34.5 Å². The molecule has 2 nitrogen and oxygen atoms in total. The molecular formula is C25H33BF2N2. The van der Waals surface area contributed by atoms with E-state index in [1.807, 2.05) is 13.8 Å². The lowest BCUT2D eigenvalue weighted by atomic mass is 9.70. The highest BCUT2D eigenvalue weighted by atomic mass is 19.2. The molecule has 0 amide bonds. The third kappa shape index (κ3) is 3.25. The summed E-state index contributed by atoms with van der Waals surface area (Å²) < 4.78 is 29.9. The fourth-order valence-electron chi connectivity index (χ4n) is 5.93. The zero-order chi connectivity index (χ0) is 21.6. The van der Waals surface area contributed by atoms with Crippen molar-refractivity contribution >= 4 is 18.7 Å². The molecule has 1 aliphatic heterocycles. The number of nitrogens with zero attached hydrogens (tertiary/aromatic N) is 2. The van der Waals surface area contributed by atoms with Gasteiger partial charge in [-0.2, -0.15) is 0 Å². The Labute approximate surface area is 180 Å². The van der Waals surface area contributed by atoms with Crippen LogP contribution in [0, 0.1) is 25.7 Å². The van der Waals surface area contributed by atoms with Crippen LogP contribution in [0.15, 0.2) is 34.0 Å². The monoisotopic (exact) mass is 410 g/mol. The van der Waals surface area contributed by atoms with E-state index < -0.39 is 7.40 Å². The van der Waals surface area contributed by atoms with Crippen molar-refractivity contribution < 1.29 is 8.63 Å². The summed E-state index contributed by atoms with van der Waals surface area (Å²) in [5, 5.41) is 0. The molecule has 3 aliphatic carbocycles. The summed E-state index contributed by atoms with van der Waals surface area (Å²) in [6.45, 7) is 10.2. The Morgan fingerprint density at radius 3 is 2.30 bits per heavy atom. The summed E-state index contributed by atoms with van der Waals surface area (Å²) >= 11 is 0. The van der Waals surface area contributed by atoms with Gasteiger partial charge in [0.15, 0.2) is 0 Å². The normalized spacial score (nSPS) is 23.9. The highest BCUT2D eigenvalue weighted by Crippen LogP contribution is 2.50. The molecule has 0 saturated heterocycles. The minimum atomic E-state index is -2.54. The number of aliphatic imine (C=N–C) groups is 1. The third-order valence-corrected chi connectivity index (χ3v) is 7.32. The van der Waals surface area contributed by atoms with E-state index in [1.54, 1.807) is 0 Å². The van der Waals surface area contributed by atoms with Crippen LogP contribution in [0.2, 0.25) is 0 Å². The summed E-state index contributed by atoms with van der Waals surface area (Å²) in [5.41, 5.74) is 9.31. The van der Waals surface area contributed by atoms with Gasteiger partial charge >= 0.3 is 7.40 Å². The van der Waals surface area contributed by atoms with Crippen molar-refractivity contribution in [3.8, 4) is 0 Å². The average molecular weight is 410 g/mol. The van der Waals surface area contributed by atoms with Crippen molar-refractivity contribution in [1.82, 2.24) is 4.48 Å². The van der Waals surface area contributed by atoms with Crippen LogP contribution in [-0.4, -0.2) is 17.6 Å². The molecule has 1 aromatic rings. The topological polar surface area (TPSA) is 17.3 Å². The van der Waals surface area contributed by atoms with E-state index in [-0.39, 0.29) is 0 Å². The van der Waals surface area contributed by atoms with Crippen molar-refractivity contribution in [3.63, 3.8) is 0 Å². The molecule has 2 atom stereocenters. The van der Waals surface area contributed by atoms with Crippen molar-refractivity contribution in [2.75, 3.05) is 0 Å². The van der Waals surface area contributed by atoms with E-state index >= 15 is 0 Å². The summed E-state index contributed by atoms with van der Waals surface area (Å²) in [5.74, 6) is 0.823. The first-order valence-corrected chi connectivity index (χ1v) is 11.6. The van der Waals surface area contributed by atoms with Crippen LogP contribution >= 0.6 is 0 Å². The second-order valence-corrected chi connectivity index (χ2v) is 9.02. The molecule has 0 unspecified atom stereocenters. The fourth-order valence-corrected chi connectivity index (χ4v) is 5.93. The maximum absolute atomic E-state index is 14.3. The van der Waals surface area contributed by atoms with Crippen LogP contribution in [0.4, 0.5) is 8.63 Å². The number of hydrogen-bond donors (Lipinski definition) is 0. The second kappa shape index (κ2) is 8.32. The van der Waals surface area contributed by atoms with Gasteiger partial charge in [0.25, 0.3) is 0 Å². The summed E-state index contributed by atoms with van der Waals surface area (Å²) in [6.07, 6.45) is 11.8. The lowest BCUT2D eigenvalue weighted by Crippen LogP contribution is -2.23. The molecule has 160 valence electrons. The minimum Gasteiger partial charge on any atom is -0.329 e. The molecule has 0 spiro atoms. The van der Waals surface area contributed by atoms with Gasteiger partial charge in [-0.15, -0.1) is 0 Å². The Hall–Kier alpha value is -1.91. The van der Waals surface area contributed by atoms with Crippen LogP contribution in [0.3, 0.4) is 0 Å². The number of fused-ring (bicyclic) bond motifs is 1. The summed E-state index contributed by atoms with van der Waals surface area (Å²) in [6, 6.07) is 0. The van der Waals surface area contributed by atoms with Gasteiger partial charge in [-0.05, 0) is 75.1 Å². The molecule has 4 aliphatic rings. The van der Waals surface area contributed by atoms with Gasteiger partial charge in [0.2, 0.25) is 0 Å². The Morgan fingerprint density at radius 1 is 1.07 bits per heavy atom. The molecule has 0 radical (unpaired) electrons. The number of halogens is 2. The molecule has 0 saturated carbocycles. The number of aromatic nitrogens is 1.